The van der Waals surface area contributed by atoms with Gasteiger partial charge in [0.05, 0.1) is 10.6 Å². The lowest BCUT2D eigenvalue weighted by atomic mass is 9.49. The molecule has 0 unspecified atom stereocenters. The summed E-state index contributed by atoms with van der Waals surface area (Å²) in [5.74, 6) is 0.503. The molecule has 1 amide bonds. The van der Waals surface area contributed by atoms with Crippen LogP contribution in [0.25, 0.3) is 0 Å². The van der Waals surface area contributed by atoms with E-state index in [0.717, 1.165) is 4.90 Å². The van der Waals surface area contributed by atoms with E-state index in [2.05, 4.69) is 45.6 Å². The molecule has 1 saturated carbocycles. The number of hydrogen-bond donors (Lipinski definition) is 2. The molecule has 3 rings (SSSR count). The number of halogens is 1. The Labute approximate surface area is 176 Å². The Balaban J connectivity index is 1.76. The van der Waals surface area contributed by atoms with Gasteiger partial charge in [-0.2, -0.15) is 5.26 Å². The summed E-state index contributed by atoms with van der Waals surface area (Å²) in [7, 11) is 0. The topological polar surface area (TPSA) is 62.1 Å². The molecule has 1 N–H and O–H groups in total. The Morgan fingerprint density at radius 3 is 2.29 bits per heavy atom. The maximum absolute atomic E-state index is 12.7. The molecule has 0 heterocycles. The van der Waals surface area contributed by atoms with Crippen LogP contribution in [0, 0.1) is 22.2 Å². The number of thiol groups is 1. The van der Waals surface area contributed by atoms with E-state index in [9.17, 15) is 4.79 Å². The number of rotatable bonds is 4. The molecule has 0 spiro atoms. The Kier molecular flexibility index (Phi) is 5.40. The second-order valence-corrected chi connectivity index (χ2v) is 9.27. The summed E-state index contributed by atoms with van der Waals surface area (Å²) >= 11 is 10.4. The lowest BCUT2D eigenvalue weighted by molar-refractivity contribution is -0.164. The molecule has 0 bridgehead atoms. The Morgan fingerprint density at radius 2 is 1.75 bits per heavy atom. The highest BCUT2D eigenvalue weighted by Crippen LogP contribution is 2.55. The maximum Gasteiger partial charge on any atom is 0.251 e. The monoisotopic (exact) mass is 414 g/mol. The van der Waals surface area contributed by atoms with Crippen LogP contribution in [0.1, 0.15) is 43.6 Å². The molecule has 6 heteroatoms. The Bertz CT molecular complexity index is 932. The minimum Gasteiger partial charge on any atom is -0.489 e. The molecule has 0 aromatic heterocycles. The van der Waals surface area contributed by atoms with Gasteiger partial charge in [-0.15, -0.1) is 12.6 Å². The van der Waals surface area contributed by atoms with Crippen molar-refractivity contribution >= 4 is 30.1 Å². The van der Waals surface area contributed by atoms with Gasteiger partial charge in [-0.05, 0) is 36.4 Å². The molecule has 28 heavy (non-hydrogen) atoms. The number of ether oxygens (including phenoxy) is 1. The Morgan fingerprint density at radius 1 is 1.14 bits per heavy atom. The minimum absolute atomic E-state index is 0.0676. The molecule has 1 aliphatic rings. The van der Waals surface area contributed by atoms with Gasteiger partial charge in [-0.3, -0.25) is 4.79 Å². The van der Waals surface area contributed by atoms with Crippen molar-refractivity contribution in [3.05, 3.63) is 58.6 Å². The highest BCUT2D eigenvalue weighted by Gasteiger charge is 2.64. The second kappa shape index (κ2) is 7.35. The molecule has 0 atom stereocenters. The van der Waals surface area contributed by atoms with Crippen LogP contribution in [0.2, 0.25) is 5.02 Å². The summed E-state index contributed by atoms with van der Waals surface area (Å²) in [6.45, 7) is 8.32. The van der Waals surface area contributed by atoms with E-state index in [1.807, 2.05) is 6.07 Å². The predicted molar refractivity (Wildman–Crippen MR) is 113 cm³/mol. The van der Waals surface area contributed by atoms with Gasteiger partial charge in [0, 0.05) is 33.4 Å². The molecule has 146 valence electrons. The zero-order valence-electron chi connectivity index (χ0n) is 16.3. The van der Waals surface area contributed by atoms with Gasteiger partial charge in [0.1, 0.15) is 17.9 Å². The van der Waals surface area contributed by atoms with Crippen LogP contribution in [-0.4, -0.2) is 18.1 Å². The van der Waals surface area contributed by atoms with Crippen molar-refractivity contribution in [3.63, 3.8) is 0 Å². The van der Waals surface area contributed by atoms with Crippen LogP contribution in [0.3, 0.4) is 0 Å². The fourth-order valence-electron chi connectivity index (χ4n) is 4.42. The number of hydrogen-bond acceptors (Lipinski definition) is 4. The molecular weight excluding hydrogens is 392 g/mol. The number of nitrogens with zero attached hydrogens (tertiary/aromatic N) is 1. The molecule has 1 aliphatic carbocycles. The number of nitriles is 1. The zero-order valence-corrected chi connectivity index (χ0v) is 17.9. The van der Waals surface area contributed by atoms with E-state index in [4.69, 9.17) is 21.6 Å². The first-order valence-electron chi connectivity index (χ1n) is 9.03. The smallest absolute Gasteiger partial charge is 0.251 e. The third-order valence-corrected chi connectivity index (χ3v) is 6.17. The summed E-state index contributed by atoms with van der Waals surface area (Å²) in [5.41, 5.74) is 0.442. The van der Waals surface area contributed by atoms with Crippen molar-refractivity contribution in [1.29, 1.82) is 5.26 Å². The fourth-order valence-corrected chi connectivity index (χ4v) is 4.78. The summed E-state index contributed by atoms with van der Waals surface area (Å²) in [6, 6.07) is 14.2. The average Bonchev–Trinajstić information content (AvgIpc) is 2.64. The van der Waals surface area contributed by atoms with Crippen LogP contribution < -0.4 is 10.1 Å². The van der Waals surface area contributed by atoms with Gasteiger partial charge >= 0.3 is 0 Å². The van der Waals surface area contributed by atoms with Gasteiger partial charge in [0.15, 0.2) is 0 Å². The molecule has 0 aliphatic heterocycles. The highest BCUT2D eigenvalue weighted by atomic mass is 35.5. The quantitative estimate of drug-likeness (QED) is 0.683. The maximum atomic E-state index is 12.7. The van der Waals surface area contributed by atoms with Crippen LogP contribution in [0.15, 0.2) is 47.4 Å². The highest BCUT2D eigenvalue weighted by molar-refractivity contribution is 7.80. The van der Waals surface area contributed by atoms with Gasteiger partial charge in [-0.1, -0.05) is 39.3 Å². The van der Waals surface area contributed by atoms with Crippen molar-refractivity contribution in [1.82, 2.24) is 5.32 Å². The van der Waals surface area contributed by atoms with Crippen molar-refractivity contribution in [2.45, 2.75) is 44.7 Å². The average molecular weight is 415 g/mol. The van der Waals surface area contributed by atoms with Crippen molar-refractivity contribution in [2.75, 3.05) is 0 Å². The first-order valence-corrected chi connectivity index (χ1v) is 9.86. The van der Waals surface area contributed by atoms with E-state index in [0.29, 0.717) is 21.9 Å². The summed E-state index contributed by atoms with van der Waals surface area (Å²) in [4.78, 5) is 13.5. The fraction of sp³-hybridized carbons (Fsp3) is 0.364. The largest absolute Gasteiger partial charge is 0.489 e. The van der Waals surface area contributed by atoms with Crippen molar-refractivity contribution in [2.24, 2.45) is 10.8 Å². The SMILES string of the molecule is CC1(C)[C@H](NC(=O)c2ccc(S)cc2)C(C)(C)[C@H]1Oc1ccc(C#N)c(Cl)c1. The third-order valence-electron chi connectivity index (χ3n) is 5.56. The van der Waals surface area contributed by atoms with Gasteiger partial charge in [-0.25, -0.2) is 0 Å². The molecule has 2 aromatic rings. The van der Waals surface area contributed by atoms with Crippen molar-refractivity contribution in [3.8, 4) is 11.8 Å². The number of nitrogens with one attached hydrogen (secondary N) is 1. The third kappa shape index (κ3) is 3.59. The van der Waals surface area contributed by atoms with Crippen LogP contribution in [0.5, 0.6) is 5.75 Å². The van der Waals surface area contributed by atoms with Crippen LogP contribution >= 0.6 is 24.2 Å². The zero-order chi connectivity index (χ0) is 20.7. The molecule has 2 aromatic carbocycles. The minimum atomic E-state index is -0.289. The van der Waals surface area contributed by atoms with Gasteiger partial charge in [0.25, 0.3) is 5.91 Å². The number of carbonyl (C=O) groups excluding carboxylic acids is 1. The predicted octanol–water partition coefficient (Wildman–Crippen LogP) is 5.11. The summed E-state index contributed by atoms with van der Waals surface area (Å²) in [6.07, 6.45) is -0.130. The van der Waals surface area contributed by atoms with E-state index in [-0.39, 0.29) is 28.9 Å². The lowest BCUT2D eigenvalue weighted by Gasteiger charge is -2.63. The molecule has 0 radical (unpaired) electrons. The lowest BCUT2D eigenvalue weighted by Crippen LogP contribution is -2.74. The van der Waals surface area contributed by atoms with E-state index >= 15 is 0 Å². The molecule has 0 saturated heterocycles. The molecular formula is C22H23ClN2O2S. The van der Waals surface area contributed by atoms with Crippen LogP contribution in [0.4, 0.5) is 0 Å². The van der Waals surface area contributed by atoms with Gasteiger partial charge < -0.3 is 10.1 Å². The second-order valence-electron chi connectivity index (χ2n) is 8.35. The van der Waals surface area contributed by atoms with E-state index < -0.39 is 0 Å². The normalized spacial score (nSPS) is 21.9. The molecule has 1 fully saturated rings. The van der Waals surface area contributed by atoms with E-state index in [1.165, 1.54) is 0 Å². The standard InChI is InChI=1S/C22H23ClN2O2S/c1-21(2)19(25-18(26)13-6-9-16(28)10-7-13)22(3,4)20(21)27-15-8-5-14(12-24)17(23)11-15/h5-11,19-20,28H,1-4H3,(H,25,26)/t19-,20-. The number of carbonyl (C=O) groups is 1. The number of amides is 1. The number of benzene rings is 2. The first-order chi connectivity index (χ1) is 13.1. The van der Waals surface area contributed by atoms with E-state index in [1.54, 1.807) is 42.5 Å². The summed E-state index contributed by atoms with van der Waals surface area (Å²) < 4.78 is 6.24. The van der Waals surface area contributed by atoms with Gasteiger partial charge in [0.2, 0.25) is 0 Å². The molecule has 4 nitrogen and oxygen atoms in total. The first kappa shape index (κ1) is 20.6. The Hall–Kier alpha value is -2.16. The van der Waals surface area contributed by atoms with Crippen molar-refractivity contribution < 1.29 is 9.53 Å². The van der Waals surface area contributed by atoms with Crippen LogP contribution in [-0.2, 0) is 0 Å². The summed E-state index contributed by atoms with van der Waals surface area (Å²) in [5, 5.41) is 12.6.